The van der Waals surface area contributed by atoms with Crippen molar-refractivity contribution in [3.63, 3.8) is 0 Å². The number of rotatable bonds is 5. The standard InChI is InChI=1S/C16H22N5O2/c1-5-23-16(22)14(15-19(2)10-11-20(15)3)18-21(4)13-8-6-12(17)7-9-13/h6-11H,5,17H2,1-4H3/q+1. The van der Waals surface area contributed by atoms with E-state index in [2.05, 4.69) is 5.10 Å². The van der Waals surface area contributed by atoms with Crippen LogP contribution >= 0.6 is 0 Å². The molecule has 23 heavy (non-hydrogen) atoms. The number of ether oxygens (including phenoxy) is 1. The van der Waals surface area contributed by atoms with E-state index >= 15 is 0 Å². The molecule has 0 amide bonds. The molecule has 0 aliphatic carbocycles. The molecule has 0 unspecified atom stereocenters. The Morgan fingerprint density at radius 2 is 2.04 bits per heavy atom. The number of imidazole rings is 1. The molecule has 0 aliphatic rings. The summed E-state index contributed by atoms with van der Waals surface area (Å²) in [4.78, 5) is 12.3. The molecule has 0 spiro atoms. The van der Waals surface area contributed by atoms with Crippen molar-refractivity contribution in [3.05, 3.63) is 42.5 Å². The Morgan fingerprint density at radius 1 is 1.39 bits per heavy atom. The van der Waals surface area contributed by atoms with Crippen LogP contribution in [-0.4, -0.2) is 29.9 Å². The molecular weight excluding hydrogens is 294 g/mol. The van der Waals surface area contributed by atoms with Crippen LogP contribution in [0, 0.1) is 0 Å². The molecule has 1 heterocycles. The molecule has 0 radical (unpaired) electrons. The summed E-state index contributed by atoms with van der Waals surface area (Å²) in [6.07, 6.45) is 3.71. The van der Waals surface area contributed by atoms with Gasteiger partial charge in [-0.05, 0) is 31.2 Å². The third-order valence-electron chi connectivity index (χ3n) is 3.38. The fourth-order valence-corrected chi connectivity index (χ4v) is 2.20. The molecule has 2 rings (SSSR count). The maximum Gasteiger partial charge on any atom is 0.367 e. The van der Waals surface area contributed by atoms with Gasteiger partial charge in [-0.25, -0.2) is 13.9 Å². The second kappa shape index (κ2) is 6.95. The van der Waals surface area contributed by atoms with Crippen molar-refractivity contribution in [3.8, 4) is 0 Å². The van der Waals surface area contributed by atoms with Crippen LogP contribution in [0.4, 0.5) is 11.4 Å². The van der Waals surface area contributed by atoms with Crippen LogP contribution in [0.3, 0.4) is 0 Å². The van der Waals surface area contributed by atoms with Gasteiger partial charge < -0.3 is 10.5 Å². The molecule has 0 saturated carbocycles. The third-order valence-corrected chi connectivity index (χ3v) is 3.38. The smallest absolute Gasteiger partial charge is 0.367 e. The lowest BCUT2D eigenvalue weighted by atomic mass is 10.3. The van der Waals surface area contributed by atoms with Crippen LogP contribution in [0.1, 0.15) is 12.7 Å². The highest BCUT2D eigenvalue weighted by molar-refractivity contribution is 6.42. The molecular formula is C16H22N5O2+. The molecule has 7 nitrogen and oxygen atoms in total. The first-order chi connectivity index (χ1) is 10.9. The molecule has 7 heteroatoms. The van der Waals surface area contributed by atoms with Gasteiger partial charge in [-0.1, -0.05) is 0 Å². The number of nitrogens with zero attached hydrogens (tertiary/aromatic N) is 4. The van der Waals surface area contributed by atoms with Gasteiger partial charge in [-0.15, -0.1) is 0 Å². The number of nitrogens with two attached hydrogens (primary N) is 1. The number of benzene rings is 1. The average Bonchev–Trinajstić information content (AvgIpc) is 2.84. The van der Waals surface area contributed by atoms with Gasteiger partial charge in [-0.3, -0.25) is 5.01 Å². The predicted octanol–water partition coefficient (Wildman–Crippen LogP) is 0.835. The molecule has 0 bridgehead atoms. The van der Waals surface area contributed by atoms with E-state index in [9.17, 15) is 4.79 Å². The van der Waals surface area contributed by atoms with E-state index < -0.39 is 5.97 Å². The summed E-state index contributed by atoms with van der Waals surface area (Å²) in [5, 5.41) is 6.08. The van der Waals surface area contributed by atoms with Crippen LogP contribution in [0.15, 0.2) is 41.8 Å². The van der Waals surface area contributed by atoms with Gasteiger partial charge in [0.2, 0.25) is 0 Å². The van der Waals surface area contributed by atoms with Crippen molar-refractivity contribution in [2.75, 3.05) is 24.4 Å². The first kappa shape index (κ1) is 16.5. The second-order valence-electron chi connectivity index (χ2n) is 5.13. The van der Waals surface area contributed by atoms with Crippen molar-refractivity contribution in [1.29, 1.82) is 0 Å². The zero-order valence-electron chi connectivity index (χ0n) is 13.9. The number of anilines is 2. The van der Waals surface area contributed by atoms with Crippen molar-refractivity contribution < 1.29 is 14.1 Å². The summed E-state index contributed by atoms with van der Waals surface area (Å²) >= 11 is 0. The minimum Gasteiger partial charge on any atom is -0.461 e. The monoisotopic (exact) mass is 316 g/mol. The SMILES string of the molecule is CCOC(=O)/C(=N\N(C)c1ccc(N)cc1)c1n(C)cc[n+]1C. The van der Waals surface area contributed by atoms with Crippen molar-refractivity contribution >= 4 is 23.1 Å². The normalized spacial score (nSPS) is 11.4. The first-order valence-corrected chi connectivity index (χ1v) is 7.30. The van der Waals surface area contributed by atoms with E-state index in [1.54, 1.807) is 31.1 Å². The molecule has 0 atom stereocenters. The summed E-state index contributed by atoms with van der Waals surface area (Å²) in [5.41, 5.74) is 7.42. The Kier molecular flexibility index (Phi) is 5.00. The maximum absolute atomic E-state index is 12.3. The number of esters is 1. The van der Waals surface area contributed by atoms with Gasteiger partial charge >= 0.3 is 11.8 Å². The van der Waals surface area contributed by atoms with Crippen molar-refractivity contribution in [2.45, 2.75) is 6.92 Å². The van der Waals surface area contributed by atoms with Gasteiger partial charge in [0.1, 0.15) is 12.4 Å². The highest BCUT2D eigenvalue weighted by Crippen LogP contribution is 2.15. The topological polar surface area (TPSA) is 76.7 Å². The maximum atomic E-state index is 12.3. The van der Waals surface area contributed by atoms with Crippen LogP contribution in [-0.2, 0) is 23.6 Å². The Morgan fingerprint density at radius 3 is 2.57 bits per heavy atom. The number of nitrogen functional groups attached to an aromatic ring is 1. The molecule has 1 aromatic carbocycles. The summed E-state index contributed by atoms with van der Waals surface area (Å²) in [6.45, 7) is 2.06. The van der Waals surface area contributed by atoms with E-state index in [4.69, 9.17) is 10.5 Å². The van der Waals surface area contributed by atoms with E-state index in [0.29, 0.717) is 11.5 Å². The number of hydrogen-bond donors (Lipinski definition) is 1. The van der Waals surface area contributed by atoms with Gasteiger partial charge in [0.25, 0.3) is 5.71 Å². The van der Waals surface area contributed by atoms with Crippen LogP contribution in [0.5, 0.6) is 0 Å². The van der Waals surface area contributed by atoms with Crippen molar-refractivity contribution in [1.82, 2.24) is 4.57 Å². The summed E-state index contributed by atoms with van der Waals surface area (Å²) in [5.74, 6) is 0.193. The van der Waals surface area contributed by atoms with Gasteiger partial charge in [0.15, 0.2) is 0 Å². The molecule has 0 aliphatic heterocycles. The van der Waals surface area contributed by atoms with E-state index in [1.165, 1.54) is 0 Å². The largest absolute Gasteiger partial charge is 0.461 e. The number of carbonyl (C=O) groups is 1. The average molecular weight is 316 g/mol. The number of hydrogen-bond acceptors (Lipinski definition) is 5. The lowest BCUT2D eigenvalue weighted by Gasteiger charge is -2.14. The zero-order chi connectivity index (χ0) is 17.0. The summed E-state index contributed by atoms with van der Waals surface area (Å²) in [6, 6.07) is 7.25. The minimum absolute atomic E-state index is 0.237. The van der Waals surface area contributed by atoms with Crippen molar-refractivity contribution in [2.24, 2.45) is 19.2 Å². The predicted molar refractivity (Wildman–Crippen MR) is 89.0 cm³/mol. The van der Waals surface area contributed by atoms with E-state index in [0.717, 1.165) is 5.69 Å². The minimum atomic E-state index is -0.466. The highest BCUT2D eigenvalue weighted by atomic mass is 16.5. The number of hydrazone groups is 1. The summed E-state index contributed by atoms with van der Waals surface area (Å²) in [7, 11) is 5.48. The third kappa shape index (κ3) is 3.68. The lowest BCUT2D eigenvalue weighted by Crippen LogP contribution is -2.39. The molecule has 0 fully saturated rings. The molecule has 2 aromatic rings. The lowest BCUT2D eigenvalue weighted by molar-refractivity contribution is -0.672. The molecule has 122 valence electrons. The van der Waals surface area contributed by atoms with E-state index in [-0.39, 0.29) is 12.3 Å². The zero-order valence-corrected chi connectivity index (χ0v) is 13.9. The number of aromatic nitrogens is 2. The van der Waals surface area contributed by atoms with Crippen LogP contribution in [0.25, 0.3) is 0 Å². The summed E-state index contributed by atoms with van der Waals surface area (Å²) < 4.78 is 8.80. The Labute approximate surface area is 135 Å². The molecule has 0 saturated heterocycles. The Balaban J connectivity index is 2.44. The fraction of sp³-hybridized carbons (Fsp3) is 0.312. The highest BCUT2D eigenvalue weighted by Gasteiger charge is 2.28. The number of carbonyl (C=O) groups excluding carboxylic acids is 1. The van der Waals surface area contributed by atoms with Crippen LogP contribution < -0.4 is 15.3 Å². The van der Waals surface area contributed by atoms with Gasteiger partial charge in [-0.2, -0.15) is 5.10 Å². The van der Waals surface area contributed by atoms with E-state index in [1.807, 2.05) is 47.8 Å². The molecule has 2 N–H and O–H groups in total. The Bertz CT molecular complexity index is 699. The van der Waals surface area contributed by atoms with Gasteiger partial charge in [0.05, 0.1) is 26.4 Å². The van der Waals surface area contributed by atoms with Gasteiger partial charge in [0, 0.05) is 12.7 Å². The van der Waals surface area contributed by atoms with Crippen LogP contribution in [0.2, 0.25) is 0 Å². The number of aryl methyl sites for hydroxylation is 2. The fourth-order valence-electron chi connectivity index (χ4n) is 2.20. The quantitative estimate of drug-likeness (QED) is 0.291. The first-order valence-electron chi connectivity index (χ1n) is 7.30. The Hall–Kier alpha value is -2.83. The molecule has 1 aromatic heterocycles. The second-order valence-corrected chi connectivity index (χ2v) is 5.13.